The Morgan fingerprint density at radius 2 is 0.310 bits per heavy atom. The summed E-state index contributed by atoms with van der Waals surface area (Å²) < 4.78 is 0. The van der Waals surface area contributed by atoms with E-state index < -0.39 is 0 Å². The van der Waals surface area contributed by atoms with E-state index in [2.05, 4.69) is 38.1 Å². The molecule has 0 spiro atoms. The Hall–Kier alpha value is 7.48. The molecular weight excluding hydrogens is 1640 g/mol. The third-order valence-electron chi connectivity index (χ3n) is 18.8. The predicted octanol–water partition coefficient (Wildman–Crippen LogP) is -5.66. The van der Waals surface area contributed by atoms with E-state index >= 15 is 0 Å². The quantitative estimate of drug-likeness (QED) is 0.183. The molecule has 0 aromatic heterocycles. The zero-order chi connectivity index (χ0) is 47.7. The van der Waals surface area contributed by atoms with E-state index in [0.29, 0.717) is 58.4 Å². The van der Waals surface area contributed by atoms with E-state index in [9.17, 15) is 0 Å². The normalized spacial score (nSPS) is 28.3. The molecule has 0 bridgehead atoms. The van der Waals surface area contributed by atoms with Gasteiger partial charge in [0.05, 0.1) is 0 Å². The molecular formula is C62H104Al2Cl10P8Sb2-4. The van der Waals surface area contributed by atoms with Crippen molar-refractivity contribution < 1.29 is 124 Å². The van der Waals surface area contributed by atoms with Crippen LogP contribution in [0.2, 0.25) is 0 Å². The fraction of sp³-hybridized carbons (Fsp3) is 0.806. The topological polar surface area (TPSA) is 0 Å². The number of halogens is 10. The molecule has 0 N–H and O–H groups in total. The minimum absolute atomic E-state index is 0. The molecule has 0 nitrogen and oxygen atoms in total. The maximum atomic E-state index is 2.08. The van der Waals surface area contributed by atoms with Crippen LogP contribution in [0, 0.1) is 13.8 Å². The first kappa shape index (κ1) is 102. The summed E-state index contributed by atoms with van der Waals surface area (Å²) >= 11 is 0. The minimum atomic E-state index is 0. The molecule has 0 unspecified atom stereocenters. The zero-order valence-electron chi connectivity index (χ0n) is 51.1. The van der Waals surface area contributed by atoms with E-state index in [1.165, 1.54) is 56.4 Å². The second-order valence-corrected chi connectivity index (χ2v) is 63.4. The Bertz CT molecular complexity index is 1430. The maximum Gasteiger partial charge on any atom is 3.00 e. The van der Waals surface area contributed by atoms with E-state index in [-0.39, 0.29) is 208 Å². The van der Waals surface area contributed by atoms with Crippen molar-refractivity contribution in [1.82, 2.24) is 0 Å². The summed E-state index contributed by atoms with van der Waals surface area (Å²) in [5.41, 5.74) is 12.8. The van der Waals surface area contributed by atoms with E-state index in [4.69, 9.17) is 0 Å². The van der Waals surface area contributed by atoms with Crippen LogP contribution in [-0.4, -0.2) is 129 Å². The van der Waals surface area contributed by atoms with Crippen LogP contribution in [0.15, 0.2) is 60.7 Å². The molecule has 0 atom stereocenters. The fourth-order valence-electron chi connectivity index (χ4n) is 14.9. The van der Waals surface area contributed by atoms with Gasteiger partial charge in [0.1, 0.15) is 0 Å². The molecule has 6 radical (unpaired) electrons. The van der Waals surface area contributed by atoms with Crippen molar-refractivity contribution in [3.8, 4) is 0 Å². The van der Waals surface area contributed by atoms with Crippen molar-refractivity contribution in [2.24, 2.45) is 0 Å². The molecule has 10 fully saturated rings. The van der Waals surface area contributed by atoms with E-state index in [1.54, 1.807) is 257 Å². The van der Waals surface area contributed by atoms with Gasteiger partial charge in [0.2, 0.25) is 0 Å². The molecule has 84 heavy (non-hydrogen) atoms. The van der Waals surface area contributed by atoms with Gasteiger partial charge in [-0.1, -0.05) is 226 Å². The third-order valence-corrected chi connectivity index (χ3v) is 95.2. The average molecular weight is 1750 g/mol. The van der Waals surface area contributed by atoms with E-state index in [0.717, 1.165) is 0 Å². The summed E-state index contributed by atoms with van der Waals surface area (Å²) in [6.07, 6.45) is 65.0. The van der Waals surface area contributed by atoms with Crippen LogP contribution in [0.25, 0.3) is 0 Å². The molecule has 482 valence electrons. The van der Waals surface area contributed by atoms with Gasteiger partial charge >= 0.3 is 34.7 Å². The van der Waals surface area contributed by atoms with E-state index in [1.807, 2.05) is 36.4 Å². The Balaban J connectivity index is -0.000000258. The van der Waals surface area contributed by atoms with Crippen LogP contribution in [0.5, 0.6) is 0 Å². The summed E-state index contributed by atoms with van der Waals surface area (Å²) in [5, 5.41) is 0. The molecule has 10 aliphatic rings. The molecule has 2 heterocycles. The molecule has 8 aliphatic carbocycles. The molecule has 12 rings (SSSR count). The van der Waals surface area contributed by atoms with Crippen molar-refractivity contribution in [1.29, 1.82) is 0 Å². The van der Waals surface area contributed by atoms with Crippen LogP contribution in [0.1, 0.15) is 268 Å². The van der Waals surface area contributed by atoms with Crippen LogP contribution in [0.4, 0.5) is 0 Å². The predicted molar refractivity (Wildman–Crippen MR) is 356 cm³/mol. The summed E-state index contributed by atoms with van der Waals surface area (Å²) in [6.45, 7) is 4.17. The second kappa shape index (κ2) is 58.3. The third kappa shape index (κ3) is 30.5. The van der Waals surface area contributed by atoms with Gasteiger partial charge in [0, 0.05) is 48.9 Å². The Morgan fingerprint density at radius 3 is 0.393 bits per heavy atom. The largest absolute Gasteiger partial charge is 3.00 e. The smallest absolute Gasteiger partial charge is 1.00 e. The molecule has 8 saturated carbocycles. The van der Waals surface area contributed by atoms with Gasteiger partial charge in [-0.15, -0.1) is 0 Å². The second-order valence-electron chi connectivity index (χ2n) is 24.2. The van der Waals surface area contributed by atoms with Gasteiger partial charge in [0.15, 0.2) is 0 Å². The minimum Gasteiger partial charge on any atom is -1.00 e. The van der Waals surface area contributed by atoms with Gasteiger partial charge in [-0.05, 0) is 220 Å². The van der Waals surface area contributed by atoms with Gasteiger partial charge in [-0.3, -0.25) is 0 Å². The Labute approximate surface area is 645 Å². The molecule has 22 heteroatoms. The number of hydrogen-bond donors (Lipinski definition) is 0. The number of hydrogen-bond acceptors (Lipinski definition) is 0. The van der Waals surface area contributed by atoms with Crippen LogP contribution in [-0.2, 0) is 0 Å². The Kier molecular flexibility index (Phi) is 71.1. The number of rotatable bonds is 8. The van der Waals surface area contributed by atoms with Crippen molar-refractivity contribution in [2.45, 2.75) is 316 Å². The van der Waals surface area contributed by atoms with Gasteiger partial charge in [-0.25, -0.2) is 0 Å². The maximum absolute atomic E-state index is 2.08. The molecule has 2 aromatic carbocycles. The van der Waals surface area contributed by atoms with Crippen molar-refractivity contribution in [2.75, 3.05) is 0 Å². The van der Waals surface area contributed by atoms with Gasteiger partial charge in [0.25, 0.3) is 0 Å². The number of benzene rings is 2. The van der Waals surface area contributed by atoms with Gasteiger partial charge < -0.3 is 124 Å². The molecule has 2 saturated heterocycles. The van der Waals surface area contributed by atoms with Crippen LogP contribution in [0.3, 0.4) is 0 Å². The zero-order valence-corrected chi connectivity index (χ0v) is 73.2. The standard InChI is InChI=1S/2C24H44P4.2C7H8.2Al.10ClH.2Sb/c2*1-5-13-21(14-6-1)25-26(22-15-7-2-8-16-22)28(24-19-11-4-12-20-24)27(25)23-17-9-3-10-18-23;2*1-7-5-3-2-4-6-7;;;;;;;;;;;;;;/h2*21-24H,1-20H2;2*2-6H,1H3;;;10*1H;;/q;;;;2*+3;;;;;;;;;;;;/p-10. The van der Waals surface area contributed by atoms with Crippen molar-refractivity contribution in [3.63, 3.8) is 0 Å². The monoisotopic (exact) mass is 1740 g/mol. The Morgan fingerprint density at radius 1 is 0.202 bits per heavy atom. The first-order valence-corrected chi connectivity index (χ1v) is 48.0. The number of aryl methyl sites for hydroxylation is 2. The fourth-order valence-corrected chi connectivity index (χ4v) is 117. The summed E-state index contributed by atoms with van der Waals surface area (Å²) in [7, 11) is 4.05. The van der Waals surface area contributed by atoms with Crippen molar-refractivity contribution >= 4 is 142 Å². The molecule has 2 aliphatic heterocycles. The molecule has 0 amide bonds. The molecule has 2 aromatic rings. The SMILES string of the molecule is C1CCC(P2P(C3CCCCC3)P(C3CCCCC3)P2C2CCCCC2)CC1.C1CCC(P2P(C3CCCCC3)P(C3CCCCC3)P2C2CCCCC2)CC1.Cc1ccccc1.Cc1ccccc1.[Al+3].[Al+3].[Cl-].[Cl-].[Cl-].[Cl-].[Cl-].[Cl-].[Cl-].[Cl-].[Cl-].[Cl-].[Sb].[Sb]. The van der Waals surface area contributed by atoms with Crippen LogP contribution >= 0.6 is 58.4 Å². The van der Waals surface area contributed by atoms with Crippen LogP contribution < -0.4 is 124 Å². The summed E-state index contributed by atoms with van der Waals surface area (Å²) in [6, 6.07) is 20.5. The first-order chi connectivity index (χ1) is 34.7. The van der Waals surface area contributed by atoms with Gasteiger partial charge in [-0.2, -0.15) is 0 Å². The van der Waals surface area contributed by atoms with Crippen molar-refractivity contribution in [3.05, 3.63) is 71.8 Å². The summed E-state index contributed by atoms with van der Waals surface area (Å²) in [5.74, 6) is 0. The average Bonchev–Trinajstić information content (AvgIpc) is 3.42. The summed E-state index contributed by atoms with van der Waals surface area (Å²) in [4.78, 5) is 0. The first-order valence-electron chi connectivity index (χ1n) is 31.0.